The normalized spacial score (nSPS) is 14.9. The summed E-state index contributed by atoms with van der Waals surface area (Å²) in [5, 5.41) is 20.3. The second-order valence-electron chi connectivity index (χ2n) is 3.29. The number of hydrogen-bond donors (Lipinski definition) is 3. The van der Waals surface area contributed by atoms with Gasteiger partial charge in [0.05, 0.1) is 25.4 Å². The number of nitrogens with one attached hydrogen (secondary N) is 1. The summed E-state index contributed by atoms with van der Waals surface area (Å²) in [5.41, 5.74) is 0. The maximum absolute atomic E-state index is 10.6. The topological polar surface area (TPSA) is 78.8 Å². The van der Waals surface area contributed by atoms with Gasteiger partial charge in [0.1, 0.15) is 0 Å². The molecule has 3 N–H and O–H groups in total. The molecule has 0 fully saturated rings. The zero-order chi connectivity index (χ0) is 11.0. The highest BCUT2D eigenvalue weighted by Gasteiger charge is 2.08. The maximum Gasteiger partial charge on any atom is 0.217 e. The van der Waals surface area contributed by atoms with E-state index in [2.05, 4.69) is 5.32 Å². The van der Waals surface area contributed by atoms with E-state index in [0.717, 1.165) is 0 Å². The highest BCUT2D eigenvalue weighted by Crippen LogP contribution is 1.92. The fourth-order valence-corrected chi connectivity index (χ4v) is 0.907. The molecule has 0 unspecified atom stereocenters. The van der Waals surface area contributed by atoms with E-state index < -0.39 is 0 Å². The molecular weight excluding hydrogens is 186 g/mol. The summed E-state index contributed by atoms with van der Waals surface area (Å²) in [6.07, 6.45) is 0.168. The molecule has 0 bridgehead atoms. The highest BCUT2D eigenvalue weighted by atomic mass is 16.5. The van der Waals surface area contributed by atoms with Crippen LogP contribution >= 0.6 is 0 Å². The van der Waals surface area contributed by atoms with Crippen molar-refractivity contribution in [2.75, 3.05) is 19.8 Å². The molecule has 1 amide bonds. The van der Waals surface area contributed by atoms with Gasteiger partial charge in [-0.3, -0.25) is 4.79 Å². The third kappa shape index (κ3) is 7.97. The predicted molar refractivity (Wildman–Crippen MR) is 51.8 cm³/mol. The zero-order valence-corrected chi connectivity index (χ0v) is 8.69. The van der Waals surface area contributed by atoms with Crippen molar-refractivity contribution in [1.82, 2.24) is 5.32 Å². The van der Waals surface area contributed by atoms with Gasteiger partial charge in [0, 0.05) is 13.5 Å². The monoisotopic (exact) mass is 205 g/mol. The summed E-state index contributed by atoms with van der Waals surface area (Å²) >= 11 is 0. The van der Waals surface area contributed by atoms with Crippen LogP contribution in [0.3, 0.4) is 0 Å². The van der Waals surface area contributed by atoms with E-state index in [4.69, 9.17) is 14.9 Å². The Kier molecular flexibility index (Phi) is 7.37. The summed E-state index contributed by atoms with van der Waals surface area (Å²) in [5.74, 6) is -0.192. The summed E-state index contributed by atoms with van der Waals surface area (Å²) in [6.45, 7) is 3.62. The first-order valence-corrected chi connectivity index (χ1v) is 4.70. The Morgan fingerprint density at radius 3 is 2.64 bits per heavy atom. The van der Waals surface area contributed by atoms with E-state index in [-0.39, 0.29) is 31.3 Å². The van der Waals surface area contributed by atoms with Crippen molar-refractivity contribution in [3.8, 4) is 0 Å². The molecule has 5 heteroatoms. The number of rotatable bonds is 7. The number of hydrogen-bond acceptors (Lipinski definition) is 4. The highest BCUT2D eigenvalue weighted by molar-refractivity contribution is 5.73. The van der Waals surface area contributed by atoms with E-state index in [1.54, 1.807) is 6.92 Å². The minimum atomic E-state index is -0.386. The lowest BCUT2D eigenvalue weighted by Gasteiger charge is -2.15. The molecule has 0 aliphatic rings. The van der Waals surface area contributed by atoms with Crippen LogP contribution in [0.4, 0.5) is 0 Å². The van der Waals surface area contributed by atoms with E-state index in [1.165, 1.54) is 6.92 Å². The van der Waals surface area contributed by atoms with Crippen molar-refractivity contribution in [3.05, 3.63) is 0 Å². The van der Waals surface area contributed by atoms with Gasteiger partial charge in [-0.05, 0) is 13.3 Å². The van der Waals surface area contributed by atoms with Crippen LogP contribution in [-0.2, 0) is 9.53 Å². The second-order valence-corrected chi connectivity index (χ2v) is 3.29. The molecule has 14 heavy (non-hydrogen) atoms. The third-order valence-electron chi connectivity index (χ3n) is 1.63. The standard InChI is InChI=1S/C9H19NO4/c1-7(12)3-4-14-6-9(5-11)10-8(2)13/h7,9,11-12H,3-6H2,1-2H3,(H,10,13)/t7-,9-/m1/s1. The van der Waals surface area contributed by atoms with Crippen LogP contribution in [0.25, 0.3) is 0 Å². The Balaban J connectivity index is 3.47. The van der Waals surface area contributed by atoms with E-state index >= 15 is 0 Å². The Labute approximate surface area is 84.1 Å². The summed E-state index contributed by atoms with van der Waals surface area (Å²) < 4.78 is 5.16. The average Bonchev–Trinajstić information content (AvgIpc) is 2.09. The number of ether oxygens (including phenoxy) is 1. The van der Waals surface area contributed by atoms with Crippen molar-refractivity contribution in [2.24, 2.45) is 0 Å². The maximum atomic E-state index is 10.6. The number of aliphatic hydroxyl groups is 2. The van der Waals surface area contributed by atoms with Gasteiger partial charge in [-0.25, -0.2) is 0 Å². The number of aliphatic hydroxyl groups excluding tert-OH is 2. The lowest BCUT2D eigenvalue weighted by atomic mass is 10.3. The Morgan fingerprint density at radius 1 is 1.57 bits per heavy atom. The van der Waals surface area contributed by atoms with Gasteiger partial charge in [0.2, 0.25) is 5.91 Å². The van der Waals surface area contributed by atoms with E-state index in [9.17, 15) is 4.79 Å². The molecule has 0 aromatic rings. The van der Waals surface area contributed by atoms with Crippen LogP contribution in [0.5, 0.6) is 0 Å². The van der Waals surface area contributed by atoms with E-state index in [1.807, 2.05) is 0 Å². The Hall–Kier alpha value is -0.650. The average molecular weight is 205 g/mol. The van der Waals surface area contributed by atoms with Crippen molar-refractivity contribution >= 4 is 5.91 Å². The zero-order valence-electron chi connectivity index (χ0n) is 8.69. The summed E-state index contributed by atoms with van der Waals surface area (Å²) in [6, 6.07) is -0.360. The van der Waals surface area contributed by atoms with Crippen molar-refractivity contribution in [1.29, 1.82) is 0 Å². The molecule has 0 saturated carbocycles. The first kappa shape index (κ1) is 13.4. The molecule has 0 radical (unpaired) electrons. The molecule has 0 aliphatic heterocycles. The molecule has 0 aromatic carbocycles. The van der Waals surface area contributed by atoms with Crippen molar-refractivity contribution in [3.63, 3.8) is 0 Å². The largest absolute Gasteiger partial charge is 0.394 e. The van der Waals surface area contributed by atoms with Crippen LogP contribution in [0.1, 0.15) is 20.3 Å². The van der Waals surface area contributed by atoms with Gasteiger partial charge >= 0.3 is 0 Å². The fraction of sp³-hybridized carbons (Fsp3) is 0.889. The molecule has 0 saturated heterocycles. The number of amides is 1. The number of carbonyl (C=O) groups is 1. The Bertz CT molecular complexity index is 161. The van der Waals surface area contributed by atoms with E-state index in [0.29, 0.717) is 13.0 Å². The van der Waals surface area contributed by atoms with Gasteiger partial charge in [-0.15, -0.1) is 0 Å². The molecule has 0 rings (SSSR count). The van der Waals surface area contributed by atoms with Crippen LogP contribution < -0.4 is 5.32 Å². The van der Waals surface area contributed by atoms with Crippen LogP contribution in [0, 0.1) is 0 Å². The van der Waals surface area contributed by atoms with Crippen LogP contribution in [0.15, 0.2) is 0 Å². The quantitative estimate of drug-likeness (QED) is 0.479. The molecule has 0 aliphatic carbocycles. The predicted octanol–water partition coefficient (Wildman–Crippen LogP) is -0.729. The number of carbonyl (C=O) groups excluding carboxylic acids is 1. The molecule has 0 aromatic heterocycles. The Morgan fingerprint density at radius 2 is 2.21 bits per heavy atom. The molecule has 84 valence electrons. The van der Waals surface area contributed by atoms with Crippen LogP contribution in [-0.4, -0.2) is 48.1 Å². The SMILES string of the molecule is CC(=O)N[C@H](CO)COCC[C@@H](C)O. The van der Waals surface area contributed by atoms with Gasteiger partial charge in [0.15, 0.2) is 0 Å². The van der Waals surface area contributed by atoms with Crippen molar-refractivity contribution < 1.29 is 19.7 Å². The van der Waals surface area contributed by atoms with Gasteiger partial charge in [-0.1, -0.05) is 0 Å². The third-order valence-corrected chi connectivity index (χ3v) is 1.63. The first-order chi connectivity index (χ1) is 6.56. The van der Waals surface area contributed by atoms with Crippen molar-refractivity contribution in [2.45, 2.75) is 32.4 Å². The molecular formula is C9H19NO4. The molecule has 0 heterocycles. The van der Waals surface area contributed by atoms with Gasteiger partial charge in [-0.2, -0.15) is 0 Å². The minimum absolute atomic E-state index is 0.145. The first-order valence-electron chi connectivity index (χ1n) is 4.70. The van der Waals surface area contributed by atoms with Gasteiger partial charge < -0.3 is 20.3 Å². The fourth-order valence-electron chi connectivity index (χ4n) is 0.907. The summed E-state index contributed by atoms with van der Waals surface area (Å²) in [4.78, 5) is 10.6. The van der Waals surface area contributed by atoms with Gasteiger partial charge in [0.25, 0.3) is 0 Å². The minimum Gasteiger partial charge on any atom is -0.394 e. The molecule has 5 nitrogen and oxygen atoms in total. The van der Waals surface area contributed by atoms with Crippen LogP contribution in [0.2, 0.25) is 0 Å². The molecule has 0 spiro atoms. The lowest BCUT2D eigenvalue weighted by Crippen LogP contribution is -2.39. The smallest absolute Gasteiger partial charge is 0.217 e. The molecule has 2 atom stereocenters. The summed E-state index contributed by atoms with van der Waals surface area (Å²) in [7, 11) is 0. The second kappa shape index (κ2) is 7.73. The lowest BCUT2D eigenvalue weighted by molar-refractivity contribution is -0.120.